The molecule has 0 fully saturated rings. The van der Waals surface area contributed by atoms with Crippen molar-refractivity contribution in [1.82, 2.24) is 0 Å². The van der Waals surface area contributed by atoms with Gasteiger partial charge in [-0.15, -0.1) is 0 Å². The molecule has 0 bridgehead atoms. The van der Waals surface area contributed by atoms with E-state index in [1.807, 2.05) is 18.2 Å². The molecule has 0 radical (unpaired) electrons. The summed E-state index contributed by atoms with van der Waals surface area (Å²) in [6.45, 7) is 0. The predicted molar refractivity (Wildman–Crippen MR) is 72.6 cm³/mol. The highest BCUT2D eigenvalue weighted by Gasteiger charge is 1.98. The van der Waals surface area contributed by atoms with Gasteiger partial charge in [0.15, 0.2) is 0 Å². The monoisotopic (exact) mass is 257 g/mol. The number of nitriles is 1. The predicted octanol–water partition coefficient (Wildman–Crippen LogP) is 4.13. The summed E-state index contributed by atoms with van der Waals surface area (Å²) in [5.74, 6) is 1.50. The maximum atomic E-state index is 12.7. The van der Waals surface area contributed by atoms with Crippen LogP contribution in [0.2, 0.25) is 0 Å². The summed E-state index contributed by atoms with van der Waals surface area (Å²) < 4.78 is 12.7. The van der Waals surface area contributed by atoms with E-state index >= 15 is 0 Å². The van der Waals surface area contributed by atoms with Gasteiger partial charge in [0.05, 0.1) is 11.6 Å². The van der Waals surface area contributed by atoms with Gasteiger partial charge in [-0.25, -0.2) is 4.39 Å². The summed E-state index contributed by atoms with van der Waals surface area (Å²) in [5.41, 5.74) is 2.94. The van der Waals surface area contributed by atoms with Gasteiger partial charge in [0, 0.05) is 11.5 Å². The van der Waals surface area contributed by atoms with E-state index in [1.54, 1.807) is 30.0 Å². The fourth-order valence-electron chi connectivity index (χ4n) is 1.60. The van der Waals surface area contributed by atoms with Gasteiger partial charge in [0.2, 0.25) is 0 Å². The number of halogens is 1. The van der Waals surface area contributed by atoms with Crippen molar-refractivity contribution in [1.29, 1.82) is 5.26 Å². The Morgan fingerprint density at radius 3 is 2.44 bits per heavy atom. The molecule has 0 aliphatic carbocycles. The molecule has 0 atom stereocenters. The summed E-state index contributed by atoms with van der Waals surface area (Å²) in [6, 6.07) is 16.3. The zero-order chi connectivity index (χ0) is 12.8. The van der Waals surface area contributed by atoms with E-state index in [0.29, 0.717) is 5.56 Å². The van der Waals surface area contributed by atoms with Crippen molar-refractivity contribution in [3.63, 3.8) is 0 Å². The molecular weight excluding hydrogens is 245 g/mol. The van der Waals surface area contributed by atoms with Crippen molar-refractivity contribution < 1.29 is 4.39 Å². The normalized spacial score (nSPS) is 10.0. The van der Waals surface area contributed by atoms with E-state index in [-0.39, 0.29) is 5.82 Å². The van der Waals surface area contributed by atoms with E-state index in [4.69, 9.17) is 5.26 Å². The van der Waals surface area contributed by atoms with Gasteiger partial charge in [-0.2, -0.15) is 17.0 Å². The SMILES string of the molecule is N#Cc1cccc(CSCc2ccc(F)cc2)c1. The molecule has 1 nitrogen and oxygen atoms in total. The van der Waals surface area contributed by atoms with Gasteiger partial charge >= 0.3 is 0 Å². The number of thioether (sulfide) groups is 1. The molecule has 0 N–H and O–H groups in total. The first-order chi connectivity index (χ1) is 8.78. The second-order valence-corrected chi connectivity index (χ2v) is 4.92. The van der Waals surface area contributed by atoms with Crippen molar-refractivity contribution >= 4 is 11.8 Å². The Morgan fingerprint density at radius 2 is 1.72 bits per heavy atom. The largest absolute Gasteiger partial charge is 0.207 e. The standard InChI is InChI=1S/C15H12FNS/c16-15-6-4-12(5-7-15)10-18-11-14-3-1-2-13(8-14)9-17/h1-8H,10-11H2. The molecule has 2 rings (SSSR count). The molecule has 0 heterocycles. The first kappa shape index (κ1) is 12.7. The van der Waals surface area contributed by atoms with Crippen molar-refractivity contribution in [3.8, 4) is 6.07 Å². The van der Waals surface area contributed by atoms with Crippen LogP contribution in [-0.4, -0.2) is 0 Å². The molecule has 0 saturated heterocycles. The fourth-order valence-corrected chi connectivity index (χ4v) is 2.54. The molecule has 3 heteroatoms. The second kappa shape index (κ2) is 6.23. The maximum absolute atomic E-state index is 12.7. The van der Waals surface area contributed by atoms with Gasteiger partial charge in [0.25, 0.3) is 0 Å². The third-order valence-corrected chi connectivity index (χ3v) is 3.58. The Hall–Kier alpha value is -1.79. The smallest absolute Gasteiger partial charge is 0.123 e. The molecular formula is C15H12FNS. The quantitative estimate of drug-likeness (QED) is 0.822. The third kappa shape index (κ3) is 3.61. The molecule has 0 aliphatic rings. The minimum Gasteiger partial charge on any atom is -0.207 e. The lowest BCUT2D eigenvalue weighted by Gasteiger charge is -2.03. The number of nitrogens with zero attached hydrogens (tertiary/aromatic N) is 1. The van der Waals surface area contributed by atoms with Crippen molar-refractivity contribution in [2.24, 2.45) is 0 Å². The molecule has 18 heavy (non-hydrogen) atoms. The number of benzene rings is 2. The molecule has 0 aromatic heterocycles. The highest BCUT2D eigenvalue weighted by Crippen LogP contribution is 2.18. The summed E-state index contributed by atoms with van der Waals surface area (Å²) in [6.07, 6.45) is 0. The lowest BCUT2D eigenvalue weighted by atomic mass is 10.2. The van der Waals surface area contributed by atoms with Crippen molar-refractivity contribution in [2.75, 3.05) is 0 Å². The summed E-state index contributed by atoms with van der Waals surface area (Å²) >= 11 is 1.75. The van der Waals surface area contributed by atoms with Gasteiger partial charge < -0.3 is 0 Å². The van der Waals surface area contributed by atoms with Gasteiger partial charge in [-0.05, 0) is 35.4 Å². The van der Waals surface area contributed by atoms with Crippen LogP contribution >= 0.6 is 11.8 Å². The van der Waals surface area contributed by atoms with E-state index < -0.39 is 0 Å². The lowest BCUT2D eigenvalue weighted by Crippen LogP contribution is -1.85. The van der Waals surface area contributed by atoms with Crippen LogP contribution in [-0.2, 0) is 11.5 Å². The molecule has 2 aromatic carbocycles. The second-order valence-electron chi connectivity index (χ2n) is 3.93. The number of hydrogen-bond acceptors (Lipinski definition) is 2. The molecule has 2 aromatic rings. The van der Waals surface area contributed by atoms with Crippen LogP contribution in [0.25, 0.3) is 0 Å². The van der Waals surface area contributed by atoms with E-state index in [0.717, 1.165) is 22.6 Å². The Bertz CT molecular complexity index is 557. The molecule has 0 amide bonds. The summed E-state index contributed by atoms with van der Waals surface area (Å²) in [4.78, 5) is 0. The Morgan fingerprint density at radius 1 is 1.00 bits per heavy atom. The highest BCUT2D eigenvalue weighted by molar-refractivity contribution is 7.97. The minimum absolute atomic E-state index is 0.203. The first-order valence-corrected chi connectivity index (χ1v) is 6.74. The van der Waals surface area contributed by atoms with E-state index in [2.05, 4.69) is 6.07 Å². The average Bonchev–Trinajstić information content (AvgIpc) is 2.41. The molecule has 0 unspecified atom stereocenters. The van der Waals surface area contributed by atoms with Gasteiger partial charge in [0.1, 0.15) is 5.82 Å². The highest BCUT2D eigenvalue weighted by atomic mass is 32.2. The van der Waals surface area contributed by atoms with Crippen LogP contribution in [0.15, 0.2) is 48.5 Å². The topological polar surface area (TPSA) is 23.8 Å². The molecule has 0 spiro atoms. The third-order valence-electron chi connectivity index (χ3n) is 2.51. The minimum atomic E-state index is -0.203. The molecule has 0 saturated carbocycles. The van der Waals surface area contributed by atoms with Gasteiger partial charge in [-0.1, -0.05) is 24.3 Å². The molecule has 0 aliphatic heterocycles. The first-order valence-electron chi connectivity index (χ1n) is 5.59. The number of hydrogen-bond donors (Lipinski definition) is 0. The van der Waals surface area contributed by atoms with Crippen molar-refractivity contribution in [3.05, 3.63) is 71.0 Å². The summed E-state index contributed by atoms with van der Waals surface area (Å²) in [5, 5.41) is 8.80. The zero-order valence-corrected chi connectivity index (χ0v) is 10.6. The fraction of sp³-hybridized carbons (Fsp3) is 0.133. The molecule has 90 valence electrons. The lowest BCUT2D eigenvalue weighted by molar-refractivity contribution is 0.627. The maximum Gasteiger partial charge on any atom is 0.123 e. The van der Waals surface area contributed by atoms with Crippen molar-refractivity contribution in [2.45, 2.75) is 11.5 Å². The van der Waals surface area contributed by atoms with Crippen LogP contribution in [0.4, 0.5) is 4.39 Å². The summed E-state index contributed by atoms with van der Waals surface area (Å²) in [7, 11) is 0. The van der Waals surface area contributed by atoms with Crippen LogP contribution in [0, 0.1) is 17.1 Å². The van der Waals surface area contributed by atoms with E-state index in [9.17, 15) is 4.39 Å². The Balaban J connectivity index is 1.88. The van der Waals surface area contributed by atoms with Crippen LogP contribution < -0.4 is 0 Å². The Kier molecular flexibility index (Phi) is 4.38. The van der Waals surface area contributed by atoms with Crippen LogP contribution in [0.3, 0.4) is 0 Å². The van der Waals surface area contributed by atoms with Crippen LogP contribution in [0.1, 0.15) is 16.7 Å². The van der Waals surface area contributed by atoms with Crippen LogP contribution in [0.5, 0.6) is 0 Å². The van der Waals surface area contributed by atoms with Gasteiger partial charge in [-0.3, -0.25) is 0 Å². The Labute approximate surface area is 110 Å². The van der Waals surface area contributed by atoms with E-state index in [1.165, 1.54) is 12.1 Å². The number of rotatable bonds is 4. The zero-order valence-electron chi connectivity index (χ0n) is 9.77. The average molecular weight is 257 g/mol.